The minimum Gasteiger partial charge on any atom is -0.507 e. The number of carboxylic acids is 1. The number of amides is 1. The molecule has 1 atom stereocenters. The van der Waals surface area contributed by atoms with Crippen LogP contribution in [0.1, 0.15) is 15.9 Å². The molecule has 158 valence electrons. The molecule has 2 heterocycles. The van der Waals surface area contributed by atoms with Crippen molar-refractivity contribution in [2.75, 3.05) is 45.9 Å². The smallest absolute Gasteiger partial charge is 0.343 e. The van der Waals surface area contributed by atoms with E-state index in [0.29, 0.717) is 57.9 Å². The van der Waals surface area contributed by atoms with E-state index in [2.05, 4.69) is 0 Å². The van der Waals surface area contributed by atoms with Crippen molar-refractivity contribution in [3.63, 3.8) is 0 Å². The normalized spacial score (nSPS) is 18.9. The lowest BCUT2D eigenvalue weighted by molar-refractivity contribution is -0.137. The Balaban J connectivity index is 1.53. The summed E-state index contributed by atoms with van der Waals surface area (Å²) in [6.45, 7) is 3.70. The van der Waals surface area contributed by atoms with Crippen molar-refractivity contribution in [2.24, 2.45) is 5.73 Å². The van der Waals surface area contributed by atoms with Crippen LogP contribution in [0.4, 0.5) is 0 Å². The molecular formula is C19H28BN3O6. The van der Waals surface area contributed by atoms with Gasteiger partial charge in [-0.1, -0.05) is 12.4 Å². The molecule has 1 amide bonds. The van der Waals surface area contributed by atoms with Crippen LogP contribution in [-0.2, 0) is 16.0 Å². The summed E-state index contributed by atoms with van der Waals surface area (Å²) in [7, 11) is 1.96. The number of phenols is 1. The number of hydrogen-bond acceptors (Lipinski definition) is 7. The predicted molar refractivity (Wildman–Crippen MR) is 108 cm³/mol. The number of carbonyl (C=O) groups is 2. The summed E-state index contributed by atoms with van der Waals surface area (Å²) in [6.07, 6.45) is 1.18. The molecule has 9 nitrogen and oxygen atoms in total. The van der Waals surface area contributed by atoms with Crippen LogP contribution in [0.15, 0.2) is 12.1 Å². The molecule has 2 fully saturated rings. The maximum atomic E-state index is 12.4. The molecule has 0 aromatic heterocycles. The Hall–Kier alpha value is -2.30. The number of aryl methyl sites for hydroxylation is 1. The first-order valence-corrected chi connectivity index (χ1v) is 10.00. The maximum Gasteiger partial charge on any atom is 0.343 e. The van der Waals surface area contributed by atoms with Crippen molar-refractivity contribution in [3.8, 4) is 11.5 Å². The third-order valence-electron chi connectivity index (χ3n) is 5.27. The van der Waals surface area contributed by atoms with Crippen molar-refractivity contribution in [1.29, 1.82) is 0 Å². The van der Waals surface area contributed by atoms with E-state index < -0.39 is 12.0 Å². The SMILES string of the molecule is BCCc1ccc(OC2CN(CC(N)C(=O)N3CCOCC3)C2)c(C(=O)O)c1O. The second-order valence-electron chi connectivity index (χ2n) is 7.50. The lowest BCUT2D eigenvalue weighted by Crippen LogP contribution is -2.60. The first-order chi connectivity index (χ1) is 13.9. The zero-order valence-corrected chi connectivity index (χ0v) is 16.7. The summed E-state index contributed by atoms with van der Waals surface area (Å²) < 4.78 is 11.1. The molecule has 29 heavy (non-hydrogen) atoms. The van der Waals surface area contributed by atoms with E-state index in [4.69, 9.17) is 15.2 Å². The van der Waals surface area contributed by atoms with E-state index in [1.54, 1.807) is 17.0 Å². The van der Waals surface area contributed by atoms with Gasteiger partial charge in [0.15, 0.2) is 0 Å². The Bertz CT molecular complexity index is 750. The van der Waals surface area contributed by atoms with Gasteiger partial charge in [0.2, 0.25) is 5.91 Å². The van der Waals surface area contributed by atoms with Gasteiger partial charge in [0, 0.05) is 32.7 Å². The van der Waals surface area contributed by atoms with Gasteiger partial charge in [0.25, 0.3) is 0 Å². The van der Waals surface area contributed by atoms with Gasteiger partial charge in [0.05, 0.1) is 19.3 Å². The number of likely N-dealkylation sites (tertiary alicyclic amines) is 1. The number of nitrogens with two attached hydrogens (primary N) is 1. The number of rotatable bonds is 8. The maximum absolute atomic E-state index is 12.4. The number of carboxylic acid groups (broad SMARTS) is 1. The lowest BCUT2D eigenvalue weighted by atomic mass is 9.95. The Kier molecular flexibility index (Phi) is 6.99. The van der Waals surface area contributed by atoms with E-state index >= 15 is 0 Å². The number of benzene rings is 1. The van der Waals surface area contributed by atoms with Gasteiger partial charge in [-0.3, -0.25) is 9.69 Å². The van der Waals surface area contributed by atoms with Gasteiger partial charge >= 0.3 is 5.97 Å². The lowest BCUT2D eigenvalue weighted by Gasteiger charge is -2.40. The Morgan fingerprint density at radius 3 is 2.62 bits per heavy atom. The number of aromatic hydroxyl groups is 1. The minimum absolute atomic E-state index is 0.0812. The van der Waals surface area contributed by atoms with Crippen LogP contribution < -0.4 is 10.5 Å². The number of nitrogens with zero attached hydrogens (tertiary/aromatic N) is 2. The number of hydrogen-bond donors (Lipinski definition) is 3. The summed E-state index contributed by atoms with van der Waals surface area (Å²) >= 11 is 0. The average molecular weight is 405 g/mol. The zero-order chi connectivity index (χ0) is 21.0. The van der Waals surface area contributed by atoms with Crippen molar-refractivity contribution in [3.05, 3.63) is 23.3 Å². The third-order valence-corrected chi connectivity index (χ3v) is 5.27. The van der Waals surface area contributed by atoms with Gasteiger partial charge in [-0.2, -0.15) is 0 Å². The number of aromatic carboxylic acids is 1. The van der Waals surface area contributed by atoms with Crippen molar-refractivity contribution in [1.82, 2.24) is 9.80 Å². The van der Waals surface area contributed by atoms with Crippen LogP contribution in [0, 0.1) is 0 Å². The summed E-state index contributed by atoms with van der Waals surface area (Å²) in [6, 6.07) is 2.69. The van der Waals surface area contributed by atoms with E-state index in [1.165, 1.54) is 0 Å². The van der Waals surface area contributed by atoms with E-state index in [-0.39, 0.29) is 29.1 Å². The second kappa shape index (κ2) is 9.47. The number of ether oxygens (including phenoxy) is 2. The fourth-order valence-corrected chi connectivity index (χ4v) is 3.69. The molecular weight excluding hydrogens is 377 g/mol. The largest absolute Gasteiger partial charge is 0.507 e. The molecule has 10 heteroatoms. The second-order valence-corrected chi connectivity index (χ2v) is 7.50. The Morgan fingerprint density at radius 2 is 2.00 bits per heavy atom. The molecule has 0 saturated carbocycles. The van der Waals surface area contributed by atoms with Crippen LogP contribution in [0.3, 0.4) is 0 Å². The topological polar surface area (TPSA) is 126 Å². The van der Waals surface area contributed by atoms with Crippen molar-refractivity contribution in [2.45, 2.75) is 24.9 Å². The van der Waals surface area contributed by atoms with E-state index in [0.717, 1.165) is 6.32 Å². The van der Waals surface area contributed by atoms with E-state index in [1.807, 2.05) is 12.7 Å². The fraction of sp³-hybridized carbons (Fsp3) is 0.579. The molecule has 1 unspecified atom stereocenters. The quantitative estimate of drug-likeness (QED) is 0.467. The molecule has 4 N–H and O–H groups in total. The standard InChI is InChI=1S/C19H28BN3O6/c20-4-3-12-1-2-15(16(17(12)24)19(26)27)29-13-9-22(10-13)11-14(21)18(25)23-5-7-28-8-6-23/h1-2,13-14,24H,3-11,20-21H2,(H,26,27). The number of carbonyl (C=O) groups excluding carboxylic acids is 1. The van der Waals surface area contributed by atoms with Crippen LogP contribution in [0.5, 0.6) is 11.5 Å². The van der Waals surface area contributed by atoms with Gasteiger partial charge in [0.1, 0.15) is 31.0 Å². The molecule has 2 aliphatic heterocycles. The van der Waals surface area contributed by atoms with Crippen LogP contribution in [0.25, 0.3) is 0 Å². The van der Waals surface area contributed by atoms with Gasteiger partial charge in [-0.25, -0.2) is 4.79 Å². The van der Waals surface area contributed by atoms with Gasteiger partial charge in [-0.05, 0) is 18.1 Å². The molecule has 0 bridgehead atoms. The molecule has 0 aliphatic carbocycles. The molecule has 1 aromatic carbocycles. The monoisotopic (exact) mass is 405 g/mol. The molecule has 2 aliphatic rings. The van der Waals surface area contributed by atoms with Crippen LogP contribution in [-0.4, -0.2) is 97.8 Å². The number of morpholine rings is 1. The highest BCUT2D eigenvalue weighted by molar-refractivity contribution is 6.08. The minimum atomic E-state index is -1.22. The summed E-state index contributed by atoms with van der Waals surface area (Å²) in [5.74, 6) is -1.37. The van der Waals surface area contributed by atoms with Crippen molar-refractivity contribution < 1.29 is 29.3 Å². The highest BCUT2D eigenvalue weighted by Crippen LogP contribution is 2.33. The predicted octanol–water partition coefficient (Wildman–Crippen LogP) is -1.07. The van der Waals surface area contributed by atoms with E-state index in [9.17, 15) is 19.8 Å². The van der Waals surface area contributed by atoms with Crippen LogP contribution in [0.2, 0.25) is 6.32 Å². The van der Waals surface area contributed by atoms with Crippen molar-refractivity contribution >= 4 is 19.7 Å². The molecule has 2 saturated heterocycles. The Labute approximate surface area is 170 Å². The Morgan fingerprint density at radius 1 is 1.31 bits per heavy atom. The highest BCUT2D eigenvalue weighted by atomic mass is 16.5. The first kappa shape index (κ1) is 21.4. The van der Waals surface area contributed by atoms with Crippen LogP contribution >= 0.6 is 0 Å². The highest BCUT2D eigenvalue weighted by Gasteiger charge is 2.33. The average Bonchev–Trinajstić information content (AvgIpc) is 2.68. The third kappa shape index (κ3) is 5.01. The fourth-order valence-electron chi connectivity index (χ4n) is 3.69. The summed E-state index contributed by atoms with van der Waals surface area (Å²) in [5.41, 5.74) is 6.46. The molecule has 0 spiro atoms. The molecule has 3 rings (SSSR count). The summed E-state index contributed by atoms with van der Waals surface area (Å²) in [4.78, 5) is 27.7. The van der Waals surface area contributed by atoms with Gasteiger partial charge < -0.3 is 30.3 Å². The van der Waals surface area contributed by atoms with Gasteiger partial charge in [-0.15, -0.1) is 0 Å². The summed E-state index contributed by atoms with van der Waals surface area (Å²) in [5, 5.41) is 19.8. The first-order valence-electron chi connectivity index (χ1n) is 10.00. The molecule has 1 aromatic rings. The molecule has 0 radical (unpaired) electrons. The zero-order valence-electron chi connectivity index (χ0n) is 16.7.